The van der Waals surface area contributed by atoms with Crippen LogP contribution in [0.5, 0.6) is 0 Å². The van der Waals surface area contributed by atoms with Crippen molar-refractivity contribution in [1.29, 1.82) is 0 Å². The van der Waals surface area contributed by atoms with Crippen molar-refractivity contribution in [2.75, 3.05) is 0 Å². The lowest BCUT2D eigenvalue weighted by molar-refractivity contribution is 0.00278. The zero-order valence-corrected chi connectivity index (χ0v) is 9.75. The van der Waals surface area contributed by atoms with Crippen LogP contribution < -0.4 is 0 Å². The molecule has 9 heteroatoms. The molecule has 1 aromatic rings. The second-order valence-corrected chi connectivity index (χ2v) is 4.01. The van der Waals surface area contributed by atoms with Crippen LogP contribution in [0.3, 0.4) is 0 Å². The van der Waals surface area contributed by atoms with Crippen LogP contribution in [-0.2, 0) is 24.6 Å². The zero-order chi connectivity index (χ0) is 12.0. The summed E-state index contributed by atoms with van der Waals surface area (Å²) in [5.74, 6) is 0. The Morgan fingerprint density at radius 1 is 1.25 bits per heavy atom. The van der Waals surface area contributed by atoms with Crippen LogP contribution in [0.15, 0.2) is 24.4 Å². The summed E-state index contributed by atoms with van der Waals surface area (Å²) in [6, 6.07) is 5.03. The smallest absolute Gasteiger partial charge is 0.261 e. The predicted octanol–water partition coefficient (Wildman–Crippen LogP) is 1.28. The summed E-state index contributed by atoms with van der Waals surface area (Å²) in [6.45, 7) is 0. The topological polar surface area (TPSA) is 106 Å². The van der Waals surface area contributed by atoms with Gasteiger partial charge in [0.25, 0.3) is 6.29 Å². The first-order chi connectivity index (χ1) is 7.58. The van der Waals surface area contributed by atoms with Crippen molar-refractivity contribution in [3.8, 4) is 0 Å². The molecule has 0 amide bonds. The van der Waals surface area contributed by atoms with Crippen LogP contribution in [-0.4, -0.2) is 21.1 Å². The fraction of sp³-hybridized carbons (Fsp3) is 0.286. The average molecular weight is 265 g/mol. The molecule has 0 radical (unpaired) electrons. The summed E-state index contributed by atoms with van der Waals surface area (Å²) in [4.78, 5) is 21.0. The van der Waals surface area contributed by atoms with E-state index in [1.54, 1.807) is 18.2 Å². The Hall–Kier alpha value is -0.810. The zero-order valence-electron chi connectivity index (χ0n) is 7.96. The molecule has 0 aliphatic rings. The molecule has 16 heavy (non-hydrogen) atoms. The first-order valence-electron chi connectivity index (χ1n) is 4.13. The number of nitrogens with zero attached hydrogens (tertiary/aromatic N) is 1. The van der Waals surface area contributed by atoms with Crippen LogP contribution >= 0.6 is 16.5 Å². The average Bonchev–Trinajstić information content (AvgIpc) is 2.16. The fourth-order valence-corrected chi connectivity index (χ4v) is 1.69. The summed E-state index contributed by atoms with van der Waals surface area (Å²) in [5, 5.41) is 0. The highest BCUT2D eigenvalue weighted by molar-refractivity contribution is 7.32. The van der Waals surface area contributed by atoms with Gasteiger partial charge < -0.3 is 0 Å². The molecule has 0 aliphatic carbocycles. The van der Waals surface area contributed by atoms with Crippen LogP contribution in [0.1, 0.15) is 5.69 Å². The highest BCUT2D eigenvalue weighted by Crippen LogP contribution is 2.27. The number of pyridine rings is 1. The molecular weight excluding hydrogens is 256 g/mol. The maximum atomic E-state index is 10.4. The molecule has 0 aromatic carbocycles. The Bertz CT molecular complexity index is 356. The van der Waals surface area contributed by atoms with Crippen molar-refractivity contribution in [3.63, 3.8) is 0 Å². The molecule has 0 aliphatic heterocycles. The molecule has 0 spiro atoms. The van der Waals surface area contributed by atoms with Crippen LogP contribution in [0.4, 0.5) is 0 Å². The van der Waals surface area contributed by atoms with Gasteiger partial charge in [0.05, 0.1) is 6.42 Å². The first kappa shape index (κ1) is 13.3. The van der Waals surface area contributed by atoms with Gasteiger partial charge in [0, 0.05) is 21.0 Å². The molecule has 0 fully saturated rings. The van der Waals surface area contributed by atoms with Gasteiger partial charge in [0.1, 0.15) is 0 Å². The maximum absolute atomic E-state index is 10.4. The molecule has 86 valence electrons. The van der Waals surface area contributed by atoms with Crippen LogP contribution in [0, 0.1) is 0 Å². The van der Waals surface area contributed by atoms with Gasteiger partial charge in [-0.3, -0.25) is 4.98 Å². The summed E-state index contributed by atoms with van der Waals surface area (Å²) in [7, 11) is -5.82. The summed E-state index contributed by atoms with van der Waals surface area (Å²) >= 11 is 0. The van der Waals surface area contributed by atoms with Gasteiger partial charge in [0.2, 0.25) is 0 Å². The van der Waals surface area contributed by atoms with E-state index in [4.69, 9.17) is 9.79 Å². The monoisotopic (exact) mass is 265 g/mol. The van der Waals surface area contributed by atoms with E-state index in [2.05, 4.69) is 14.0 Å². The molecule has 2 unspecified atom stereocenters. The molecule has 0 saturated heterocycles. The van der Waals surface area contributed by atoms with Crippen LogP contribution in [0.25, 0.3) is 0 Å². The minimum absolute atomic E-state index is 0.00407. The lowest BCUT2D eigenvalue weighted by Crippen LogP contribution is -2.14. The van der Waals surface area contributed by atoms with Crippen LogP contribution in [0.2, 0.25) is 0 Å². The van der Waals surface area contributed by atoms with Crippen molar-refractivity contribution in [2.45, 2.75) is 12.7 Å². The Labute approximate surface area is 93.0 Å². The van der Waals surface area contributed by atoms with E-state index in [1.165, 1.54) is 6.20 Å². The minimum Gasteiger partial charge on any atom is -0.261 e. The van der Waals surface area contributed by atoms with Gasteiger partial charge in [0.15, 0.2) is 0 Å². The summed E-state index contributed by atoms with van der Waals surface area (Å²) in [6.07, 6.45) is 0.242. The highest BCUT2D eigenvalue weighted by Gasteiger charge is 2.32. The van der Waals surface area contributed by atoms with Gasteiger partial charge in [-0.2, -0.15) is 0 Å². The van der Waals surface area contributed by atoms with Gasteiger partial charge >= 0.3 is 16.5 Å². The van der Waals surface area contributed by atoms with Gasteiger partial charge in [-0.25, -0.2) is 0 Å². The Morgan fingerprint density at radius 3 is 2.31 bits per heavy atom. The molecule has 0 bridgehead atoms. The van der Waals surface area contributed by atoms with Crippen molar-refractivity contribution < 1.29 is 28.0 Å². The highest BCUT2D eigenvalue weighted by atomic mass is 31.1. The number of hydrogen-bond donors (Lipinski definition) is 2. The number of aromatic nitrogens is 1. The molecule has 2 atom stereocenters. The number of rotatable bonds is 6. The SMILES string of the molecule is O=[P+](O)OC(Cc1ccccn1)O[P+](=O)O. The summed E-state index contributed by atoms with van der Waals surface area (Å²) in [5.41, 5.74) is 0.515. The number of hydrogen-bond acceptors (Lipinski definition) is 5. The molecule has 1 rings (SSSR count). The third-order valence-corrected chi connectivity index (χ3v) is 2.35. The van der Waals surface area contributed by atoms with Gasteiger partial charge in [-0.05, 0) is 12.1 Å². The standard InChI is InChI=1S/C7H7NO6P2/c9-15(10)13-7(14-16(11)12)5-6-3-1-2-4-8-6/h1-4,7H,5H2/p+2. The van der Waals surface area contributed by atoms with Gasteiger partial charge in [-0.1, -0.05) is 15.1 Å². The van der Waals surface area contributed by atoms with Crippen molar-refractivity contribution in [1.82, 2.24) is 4.98 Å². The maximum Gasteiger partial charge on any atom is 0.697 e. The fourth-order valence-electron chi connectivity index (χ4n) is 0.985. The molecule has 7 nitrogen and oxygen atoms in total. The Balaban J connectivity index is 2.63. The van der Waals surface area contributed by atoms with E-state index < -0.39 is 22.8 Å². The second-order valence-electron chi connectivity index (χ2n) is 2.64. The molecule has 1 heterocycles. The lowest BCUT2D eigenvalue weighted by atomic mass is 10.3. The van der Waals surface area contributed by atoms with E-state index in [9.17, 15) is 9.13 Å². The lowest BCUT2D eigenvalue weighted by Gasteiger charge is -2.01. The first-order valence-corrected chi connectivity index (χ1v) is 6.39. The Kier molecular flexibility index (Phi) is 5.55. The van der Waals surface area contributed by atoms with E-state index in [0.717, 1.165) is 0 Å². The van der Waals surface area contributed by atoms with E-state index >= 15 is 0 Å². The Morgan fingerprint density at radius 2 is 1.88 bits per heavy atom. The van der Waals surface area contributed by atoms with Crippen molar-refractivity contribution >= 4 is 16.5 Å². The molecule has 1 aromatic heterocycles. The summed E-state index contributed by atoms with van der Waals surface area (Å²) < 4.78 is 29.7. The van der Waals surface area contributed by atoms with E-state index in [0.29, 0.717) is 5.69 Å². The third kappa shape index (κ3) is 5.32. The molecular formula is C7H9NO6P2+2. The predicted molar refractivity (Wildman–Crippen MR) is 53.5 cm³/mol. The van der Waals surface area contributed by atoms with Gasteiger partial charge in [-0.15, -0.1) is 9.79 Å². The second kappa shape index (κ2) is 6.70. The van der Waals surface area contributed by atoms with Crippen molar-refractivity contribution in [3.05, 3.63) is 30.1 Å². The minimum atomic E-state index is -2.91. The van der Waals surface area contributed by atoms with Crippen molar-refractivity contribution in [2.24, 2.45) is 0 Å². The molecule has 0 saturated carbocycles. The quantitative estimate of drug-likeness (QED) is 0.589. The largest absolute Gasteiger partial charge is 0.697 e. The van der Waals surface area contributed by atoms with E-state index in [1.807, 2.05) is 0 Å². The normalized spacial score (nSPS) is 14.4. The van der Waals surface area contributed by atoms with E-state index in [-0.39, 0.29) is 6.42 Å². The third-order valence-electron chi connectivity index (χ3n) is 1.52. The molecule has 2 N–H and O–H groups in total.